The van der Waals surface area contributed by atoms with Gasteiger partial charge >= 0.3 is 5.69 Å². The molecule has 1 N–H and O–H groups in total. The fourth-order valence-corrected chi connectivity index (χ4v) is 1.24. The van der Waals surface area contributed by atoms with Crippen LogP contribution in [0.25, 0.3) is 0 Å². The summed E-state index contributed by atoms with van der Waals surface area (Å²) in [5.74, 6) is 0.00984. The first-order chi connectivity index (χ1) is 7.54. The van der Waals surface area contributed by atoms with Gasteiger partial charge in [-0.25, -0.2) is 0 Å². The van der Waals surface area contributed by atoms with E-state index in [0.717, 1.165) is 0 Å². The maximum atomic E-state index is 10.6. The molecule has 0 aliphatic rings. The monoisotopic (exact) mass is 265 g/mol. The van der Waals surface area contributed by atoms with Gasteiger partial charge in [0, 0.05) is 17.2 Å². The zero-order valence-corrected chi connectivity index (χ0v) is 9.61. The molecule has 0 radical (unpaired) electrons. The Morgan fingerprint density at radius 2 is 2.25 bits per heavy atom. The largest absolute Gasteiger partial charge is 0.484 e. The van der Waals surface area contributed by atoms with E-state index in [1.807, 2.05) is 0 Å². The molecule has 0 bridgehead atoms. The molecular formula is C9H9Cl2NO4. The summed E-state index contributed by atoms with van der Waals surface area (Å²) in [5.41, 5.74) is -0.203. The van der Waals surface area contributed by atoms with E-state index in [0.29, 0.717) is 5.02 Å². The van der Waals surface area contributed by atoms with Crippen molar-refractivity contribution < 1.29 is 14.8 Å². The van der Waals surface area contributed by atoms with Crippen molar-refractivity contribution in [3.05, 3.63) is 33.3 Å². The molecule has 1 rings (SSSR count). The van der Waals surface area contributed by atoms with Crippen molar-refractivity contribution in [3.63, 3.8) is 0 Å². The lowest BCUT2D eigenvalue weighted by Crippen LogP contribution is -2.19. The van der Waals surface area contributed by atoms with Crippen molar-refractivity contribution in [2.75, 3.05) is 12.5 Å². The van der Waals surface area contributed by atoms with Gasteiger partial charge in [0.2, 0.25) is 0 Å². The van der Waals surface area contributed by atoms with Crippen LogP contribution in [0.15, 0.2) is 18.2 Å². The van der Waals surface area contributed by atoms with Crippen LogP contribution in [0.3, 0.4) is 0 Å². The van der Waals surface area contributed by atoms with Crippen molar-refractivity contribution in [1.82, 2.24) is 0 Å². The predicted molar refractivity (Wildman–Crippen MR) is 60.3 cm³/mol. The van der Waals surface area contributed by atoms with E-state index in [4.69, 9.17) is 33.0 Å². The van der Waals surface area contributed by atoms with Gasteiger partial charge in [-0.2, -0.15) is 0 Å². The summed E-state index contributed by atoms with van der Waals surface area (Å²) in [6.07, 6.45) is -0.875. The van der Waals surface area contributed by atoms with Gasteiger partial charge in [-0.3, -0.25) is 10.1 Å². The summed E-state index contributed by atoms with van der Waals surface area (Å²) in [6.45, 7) is -0.120. The topological polar surface area (TPSA) is 72.6 Å². The number of benzene rings is 1. The van der Waals surface area contributed by atoms with E-state index in [9.17, 15) is 10.1 Å². The number of ether oxygens (including phenoxy) is 1. The lowest BCUT2D eigenvalue weighted by atomic mass is 10.3. The summed E-state index contributed by atoms with van der Waals surface area (Å²) >= 11 is 11.0. The lowest BCUT2D eigenvalue weighted by molar-refractivity contribution is -0.385. The Morgan fingerprint density at radius 1 is 1.56 bits per heavy atom. The Morgan fingerprint density at radius 3 is 2.81 bits per heavy atom. The number of hydrogen-bond acceptors (Lipinski definition) is 4. The zero-order chi connectivity index (χ0) is 12.1. The molecule has 5 nitrogen and oxygen atoms in total. The first kappa shape index (κ1) is 13.0. The Bertz CT molecular complexity index is 386. The summed E-state index contributed by atoms with van der Waals surface area (Å²) in [7, 11) is 0. The number of halogens is 2. The van der Waals surface area contributed by atoms with Crippen molar-refractivity contribution in [2.24, 2.45) is 0 Å². The molecule has 1 unspecified atom stereocenters. The minimum Gasteiger partial charge on any atom is -0.484 e. The number of rotatable bonds is 5. The Kier molecular flexibility index (Phi) is 4.79. The molecule has 0 heterocycles. The second-order valence-electron chi connectivity index (χ2n) is 2.99. The molecule has 0 amide bonds. The van der Waals surface area contributed by atoms with Crippen LogP contribution in [-0.2, 0) is 0 Å². The van der Waals surface area contributed by atoms with Gasteiger partial charge in [0.25, 0.3) is 0 Å². The summed E-state index contributed by atoms with van der Waals surface area (Å²) < 4.78 is 5.07. The third-order valence-corrected chi connectivity index (χ3v) is 2.32. The SMILES string of the molecule is O=[N+]([O-])c1ccc(Cl)cc1OCC(O)CCl. The number of alkyl halides is 1. The van der Waals surface area contributed by atoms with Gasteiger partial charge in [0.05, 0.1) is 10.8 Å². The summed E-state index contributed by atoms with van der Waals surface area (Å²) in [4.78, 5) is 10.1. The third kappa shape index (κ3) is 3.52. The van der Waals surface area contributed by atoms with Crippen LogP contribution < -0.4 is 4.74 Å². The van der Waals surface area contributed by atoms with Crippen molar-refractivity contribution in [1.29, 1.82) is 0 Å². The Balaban J connectivity index is 2.84. The maximum Gasteiger partial charge on any atom is 0.311 e. The van der Waals surface area contributed by atoms with Gasteiger partial charge in [-0.15, -0.1) is 11.6 Å². The molecule has 0 fully saturated rings. The minimum absolute atomic E-state index is 0.00559. The second-order valence-corrected chi connectivity index (χ2v) is 3.73. The van der Waals surface area contributed by atoms with Crippen LogP contribution in [0.5, 0.6) is 5.75 Å². The standard InChI is InChI=1S/C9H9Cl2NO4/c10-4-7(13)5-16-9-3-6(11)1-2-8(9)12(14)15/h1-3,7,13H,4-5H2. The lowest BCUT2D eigenvalue weighted by Gasteiger charge is -2.09. The highest BCUT2D eigenvalue weighted by atomic mass is 35.5. The van der Waals surface area contributed by atoms with Gasteiger partial charge in [0.1, 0.15) is 12.7 Å². The molecular weight excluding hydrogens is 257 g/mol. The molecule has 1 aromatic rings. The number of nitro benzene ring substituents is 1. The quantitative estimate of drug-likeness (QED) is 0.504. The van der Waals surface area contributed by atoms with Crippen LogP contribution in [0, 0.1) is 10.1 Å². The van der Waals surface area contributed by atoms with E-state index in [1.165, 1.54) is 18.2 Å². The molecule has 16 heavy (non-hydrogen) atoms. The van der Waals surface area contributed by atoms with E-state index in [1.54, 1.807) is 0 Å². The number of nitrogens with zero attached hydrogens (tertiary/aromatic N) is 1. The van der Waals surface area contributed by atoms with E-state index >= 15 is 0 Å². The fourth-order valence-electron chi connectivity index (χ4n) is 0.985. The molecule has 1 atom stereocenters. The first-order valence-electron chi connectivity index (χ1n) is 4.35. The molecule has 7 heteroatoms. The number of aliphatic hydroxyl groups excluding tert-OH is 1. The molecule has 0 aromatic heterocycles. The van der Waals surface area contributed by atoms with Gasteiger partial charge in [-0.1, -0.05) is 11.6 Å². The average molecular weight is 266 g/mol. The van der Waals surface area contributed by atoms with E-state index in [-0.39, 0.29) is 23.9 Å². The average Bonchev–Trinajstić information content (AvgIpc) is 2.25. The highest BCUT2D eigenvalue weighted by Crippen LogP contribution is 2.29. The summed E-state index contributed by atoms with van der Waals surface area (Å²) in [6, 6.07) is 3.95. The van der Waals surface area contributed by atoms with E-state index in [2.05, 4.69) is 0 Å². The molecule has 0 saturated carbocycles. The van der Waals surface area contributed by atoms with Crippen molar-refractivity contribution in [2.45, 2.75) is 6.10 Å². The van der Waals surface area contributed by atoms with Crippen LogP contribution in [0.1, 0.15) is 0 Å². The van der Waals surface area contributed by atoms with Crippen LogP contribution >= 0.6 is 23.2 Å². The van der Waals surface area contributed by atoms with Gasteiger partial charge < -0.3 is 9.84 Å². The first-order valence-corrected chi connectivity index (χ1v) is 5.26. The Labute approximate surface area is 102 Å². The second kappa shape index (κ2) is 5.89. The zero-order valence-electron chi connectivity index (χ0n) is 8.10. The highest BCUT2D eigenvalue weighted by molar-refractivity contribution is 6.30. The summed E-state index contributed by atoms with van der Waals surface area (Å²) in [5, 5.41) is 20.1. The maximum absolute atomic E-state index is 10.6. The molecule has 0 aliphatic carbocycles. The van der Waals surface area contributed by atoms with Crippen LogP contribution in [0.2, 0.25) is 5.02 Å². The third-order valence-electron chi connectivity index (χ3n) is 1.73. The van der Waals surface area contributed by atoms with Gasteiger partial charge in [0.15, 0.2) is 5.75 Å². The normalized spacial score (nSPS) is 12.2. The van der Waals surface area contributed by atoms with Crippen molar-refractivity contribution >= 4 is 28.9 Å². The fraction of sp³-hybridized carbons (Fsp3) is 0.333. The predicted octanol–water partition coefficient (Wildman–Crippen LogP) is 2.23. The van der Waals surface area contributed by atoms with Crippen LogP contribution in [-0.4, -0.2) is 28.6 Å². The molecule has 0 saturated heterocycles. The number of hydrogen-bond donors (Lipinski definition) is 1. The smallest absolute Gasteiger partial charge is 0.311 e. The molecule has 0 spiro atoms. The van der Waals surface area contributed by atoms with Gasteiger partial charge in [-0.05, 0) is 6.07 Å². The van der Waals surface area contributed by atoms with Crippen LogP contribution in [0.4, 0.5) is 5.69 Å². The molecule has 1 aromatic carbocycles. The number of aliphatic hydroxyl groups is 1. The highest BCUT2D eigenvalue weighted by Gasteiger charge is 2.16. The van der Waals surface area contributed by atoms with Crippen molar-refractivity contribution in [3.8, 4) is 5.75 Å². The van der Waals surface area contributed by atoms with E-state index < -0.39 is 11.0 Å². The molecule has 88 valence electrons. The Hall–Kier alpha value is -1.04. The molecule has 0 aliphatic heterocycles. The number of nitro groups is 1. The minimum atomic E-state index is -0.875.